The third-order valence-electron chi connectivity index (χ3n) is 2.28. The van der Waals surface area contributed by atoms with E-state index >= 15 is 0 Å². The Morgan fingerprint density at radius 2 is 2.07 bits per heavy atom. The van der Waals surface area contributed by atoms with Crippen molar-refractivity contribution in [3.05, 3.63) is 24.4 Å². The molecule has 1 aromatic heterocycles. The molecule has 1 aliphatic rings. The highest BCUT2D eigenvalue weighted by Crippen LogP contribution is 2.37. The van der Waals surface area contributed by atoms with Crippen LogP contribution < -0.4 is 15.2 Å². The number of ether oxygens (including phenoxy) is 2. The molecule has 2 aromatic rings. The second-order valence-electron chi connectivity index (χ2n) is 3.17. The van der Waals surface area contributed by atoms with Crippen LogP contribution in [0.2, 0.25) is 0 Å². The van der Waals surface area contributed by atoms with E-state index in [1.807, 2.05) is 18.2 Å². The van der Waals surface area contributed by atoms with Crippen molar-refractivity contribution in [1.82, 2.24) is 5.16 Å². The van der Waals surface area contributed by atoms with Gasteiger partial charge in [0.1, 0.15) is 0 Å². The first-order valence-electron chi connectivity index (χ1n) is 4.45. The van der Waals surface area contributed by atoms with Gasteiger partial charge >= 0.3 is 0 Å². The highest BCUT2D eigenvalue weighted by Gasteiger charge is 2.15. The number of hydrogen-bond acceptors (Lipinski definition) is 5. The Balaban J connectivity index is 2.11. The Hall–Kier alpha value is -2.17. The molecule has 76 valence electrons. The predicted molar refractivity (Wildman–Crippen MR) is 52.5 cm³/mol. The molecular weight excluding hydrogens is 196 g/mol. The van der Waals surface area contributed by atoms with Crippen LogP contribution in [0.5, 0.6) is 11.5 Å². The van der Waals surface area contributed by atoms with E-state index < -0.39 is 0 Å². The van der Waals surface area contributed by atoms with Crippen molar-refractivity contribution < 1.29 is 14.0 Å². The molecule has 0 fully saturated rings. The Labute approximate surface area is 85.4 Å². The summed E-state index contributed by atoms with van der Waals surface area (Å²) >= 11 is 0. The number of nitrogen functional groups attached to an aromatic ring is 1. The van der Waals surface area contributed by atoms with Crippen LogP contribution in [0, 0.1) is 0 Å². The lowest BCUT2D eigenvalue weighted by Crippen LogP contribution is -1.92. The van der Waals surface area contributed by atoms with E-state index in [1.54, 1.807) is 6.20 Å². The number of nitrogens with two attached hydrogens (primary N) is 1. The second-order valence-corrected chi connectivity index (χ2v) is 3.17. The summed E-state index contributed by atoms with van der Waals surface area (Å²) < 4.78 is 15.3. The van der Waals surface area contributed by atoms with E-state index in [2.05, 4.69) is 5.16 Å². The third-order valence-corrected chi connectivity index (χ3v) is 2.28. The Morgan fingerprint density at radius 3 is 2.87 bits per heavy atom. The fraction of sp³-hybridized carbons (Fsp3) is 0.100. The molecule has 2 N–H and O–H groups in total. The number of fused-ring (bicyclic) bond motifs is 1. The van der Waals surface area contributed by atoms with Crippen LogP contribution in [-0.2, 0) is 0 Å². The standard InChI is InChI=1S/C10H8N2O3/c11-10-7(4-12-15-10)6-1-2-8-9(3-6)14-5-13-8/h1-4H,5,11H2. The van der Waals surface area contributed by atoms with Crippen molar-refractivity contribution >= 4 is 5.88 Å². The Morgan fingerprint density at radius 1 is 1.20 bits per heavy atom. The summed E-state index contributed by atoms with van der Waals surface area (Å²) in [5.74, 6) is 1.76. The molecule has 0 saturated carbocycles. The molecule has 15 heavy (non-hydrogen) atoms. The molecule has 1 aliphatic heterocycles. The number of benzene rings is 1. The van der Waals surface area contributed by atoms with E-state index in [1.165, 1.54) is 0 Å². The lowest BCUT2D eigenvalue weighted by atomic mass is 10.1. The number of hydrogen-bond donors (Lipinski definition) is 1. The van der Waals surface area contributed by atoms with Gasteiger partial charge in [-0.3, -0.25) is 0 Å². The van der Waals surface area contributed by atoms with Gasteiger partial charge in [-0.25, -0.2) is 0 Å². The van der Waals surface area contributed by atoms with Gasteiger partial charge in [0.2, 0.25) is 12.7 Å². The predicted octanol–water partition coefficient (Wildman–Crippen LogP) is 1.65. The van der Waals surface area contributed by atoms with Crippen LogP contribution in [0.15, 0.2) is 28.9 Å². The summed E-state index contributed by atoms with van der Waals surface area (Å²) in [7, 11) is 0. The molecule has 0 saturated heterocycles. The summed E-state index contributed by atoms with van der Waals surface area (Å²) in [5.41, 5.74) is 7.28. The van der Waals surface area contributed by atoms with Crippen molar-refractivity contribution in [2.45, 2.75) is 0 Å². The SMILES string of the molecule is Nc1oncc1-c1ccc2c(c1)OCO2. The lowest BCUT2D eigenvalue weighted by molar-refractivity contribution is 0.174. The zero-order valence-electron chi connectivity index (χ0n) is 7.77. The van der Waals surface area contributed by atoms with Crippen molar-refractivity contribution in [2.75, 3.05) is 12.5 Å². The first-order valence-corrected chi connectivity index (χ1v) is 4.45. The molecule has 1 aromatic carbocycles. The van der Waals surface area contributed by atoms with Crippen molar-refractivity contribution in [2.24, 2.45) is 0 Å². The number of rotatable bonds is 1. The maximum Gasteiger partial charge on any atom is 0.231 e. The first-order chi connectivity index (χ1) is 7.34. The monoisotopic (exact) mass is 204 g/mol. The summed E-state index contributed by atoms with van der Waals surface area (Å²) in [6.45, 7) is 0.262. The molecule has 5 nitrogen and oxygen atoms in total. The van der Waals surface area contributed by atoms with Crippen LogP contribution in [-0.4, -0.2) is 11.9 Å². The molecule has 0 spiro atoms. The van der Waals surface area contributed by atoms with Crippen LogP contribution in [0.4, 0.5) is 5.88 Å². The van der Waals surface area contributed by atoms with Gasteiger partial charge in [0, 0.05) is 0 Å². The zero-order valence-corrected chi connectivity index (χ0v) is 7.77. The summed E-state index contributed by atoms with van der Waals surface area (Å²) in [5, 5.41) is 3.62. The van der Waals surface area contributed by atoms with Crippen LogP contribution in [0.3, 0.4) is 0 Å². The maximum absolute atomic E-state index is 5.62. The van der Waals surface area contributed by atoms with E-state index in [0.29, 0.717) is 11.6 Å². The van der Waals surface area contributed by atoms with Gasteiger partial charge in [0.15, 0.2) is 11.5 Å². The molecule has 0 amide bonds. The fourth-order valence-electron chi connectivity index (χ4n) is 1.53. The average molecular weight is 204 g/mol. The average Bonchev–Trinajstić information content (AvgIpc) is 2.84. The number of anilines is 1. The van der Waals surface area contributed by atoms with Gasteiger partial charge in [-0.2, -0.15) is 0 Å². The summed E-state index contributed by atoms with van der Waals surface area (Å²) in [4.78, 5) is 0. The molecule has 0 aliphatic carbocycles. The first kappa shape index (κ1) is 8.16. The molecule has 0 radical (unpaired) electrons. The fourth-order valence-corrected chi connectivity index (χ4v) is 1.53. The molecule has 3 rings (SSSR count). The van der Waals surface area contributed by atoms with E-state index in [9.17, 15) is 0 Å². The van der Waals surface area contributed by atoms with E-state index in [0.717, 1.165) is 16.9 Å². The van der Waals surface area contributed by atoms with Gasteiger partial charge in [-0.05, 0) is 17.7 Å². The van der Waals surface area contributed by atoms with Gasteiger partial charge < -0.3 is 19.7 Å². The Bertz CT molecular complexity index is 507. The van der Waals surface area contributed by atoms with Crippen molar-refractivity contribution in [3.63, 3.8) is 0 Å². The smallest absolute Gasteiger partial charge is 0.231 e. The third kappa shape index (κ3) is 1.20. The van der Waals surface area contributed by atoms with Gasteiger partial charge in [-0.15, -0.1) is 0 Å². The zero-order chi connectivity index (χ0) is 10.3. The highest BCUT2D eigenvalue weighted by atomic mass is 16.7. The molecule has 0 unspecified atom stereocenters. The number of nitrogens with zero attached hydrogens (tertiary/aromatic N) is 1. The van der Waals surface area contributed by atoms with Crippen LogP contribution >= 0.6 is 0 Å². The van der Waals surface area contributed by atoms with Gasteiger partial charge in [-0.1, -0.05) is 11.2 Å². The highest BCUT2D eigenvalue weighted by molar-refractivity contribution is 5.74. The molecule has 0 atom stereocenters. The summed E-state index contributed by atoms with van der Waals surface area (Å²) in [6, 6.07) is 5.58. The summed E-state index contributed by atoms with van der Waals surface area (Å²) in [6.07, 6.45) is 1.58. The minimum Gasteiger partial charge on any atom is -0.454 e. The minimum atomic E-state index is 0.262. The number of aromatic nitrogens is 1. The van der Waals surface area contributed by atoms with Crippen molar-refractivity contribution in [3.8, 4) is 22.6 Å². The van der Waals surface area contributed by atoms with Gasteiger partial charge in [0.25, 0.3) is 0 Å². The van der Waals surface area contributed by atoms with Crippen molar-refractivity contribution in [1.29, 1.82) is 0 Å². The quantitative estimate of drug-likeness (QED) is 0.764. The normalized spacial score (nSPS) is 13.1. The Kier molecular flexibility index (Phi) is 1.58. The lowest BCUT2D eigenvalue weighted by Gasteiger charge is -2.00. The minimum absolute atomic E-state index is 0.262. The molecular formula is C10H8N2O3. The maximum atomic E-state index is 5.62. The van der Waals surface area contributed by atoms with Crippen LogP contribution in [0.1, 0.15) is 0 Å². The molecule has 5 heteroatoms. The largest absolute Gasteiger partial charge is 0.454 e. The topological polar surface area (TPSA) is 70.5 Å². The van der Waals surface area contributed by atoms with Gasteiger partial charge in [0.05, 0.1) is 11.8 Å². The van der Waals surface area contributed by atoms with E-state index in [-0.39, 0.29) is 6.79 Å². The van der Waals surface area contributed by atoms with Crippen LogP contribution in [0.25, 0.3) is 11.1 Å². The molecule has 2 heterocycles. The second kappa shape index (κ2) is 2.91. The molecule has 0 bridgehead atoms. The van der Waals surface area contributed by atoms with E-state index in [4.69, 9.17) is 19.7 Å².